The molecule has 28 heavy (non-hydrogen) atoms. The van der Waals surface area contributed by atoms with E-state index in [0.29, 0.717) is 24.5 Å². The topological polar surface area (TPSA) is 68.2 Å². The molecule has 6 heteroatoms. The minimum atomic E-state index is -0.837. The van der Waals surface area contributed by atoms with Crippen LogP contribution in [-0.2, 0) is 16.0 Å². The molecule has 150 valence electrons. The second-order valence-corrected chi connectivity index (χ2v) is 6.79. The van der Waals surface area contributed by atoms with Gasteiger partial charge in [-0.1, -0.05) is 36.4 Å². The van der Waals surface area contributed by atoms with Gasteiger partial charge in [-0.3, -0.25) is 9.69 Å². The summed E-state index contributed by atoms with van der Waals surface area (Å²) in [5.74, 6) is -0.141. The Kier molecular flexibility index (Phi) is 7.28. The van der Waals surface area contributed by atoms with Gasteiger partial charge >= 0.3 is 5.97 Å². The highest BCUT2D eigenvalue weighted by Crippen LogP contribution is 2.30. The van der Waals surface area contributed by atoms with Crippen molar-refractivity contribution in [3.8, 4) is 11.5 Å². The Bertz CT molecular complexity index is 759. The van der Waals surface area contributed by atoms with Crippen LogP contribution in [0.5, 0.6) is 11.5 Å². The molecule has 0 aliphatic carbocycles. The number of morpholine rings is 1. The van der Waals surface area contributed by atoms with E-state index >= 15 is 0 Å². The Hall–Kier alpha value is -2.57. The maximum atomic E-state index is 11.7. The number of hydrogen-bond donors (Lipinski definition) is 1. The van der Waals surface area contributed by atoms with Crippen molar-refractivity contribution in [2.24, 2.45) is 0 Å². The molecule has 6 nitrogen and oxygen atoms in total. The SMILES string of the molecule is COc1cc(CC(C(=O)O)c2ccccc2)ccc1OCCN1CCOCC1. The average molecular weight is 385 g/mol. The fourth-order valence-electron chi connectivity index (χ4n) is 3.34. The second kappa shape index (κ2) is 10.1. The Labute approximate surface area is 165 Å². The average Bonchev–Trinajstić information content (AvgIpc) is 2.74. The first-order chi connectivity index (χ1) is 13.7. The molecule has 1 atom stereocenters. The summed E-state index contributed by atoms with van der Waals surface area (Å²) < 4.78 is 16.7. The summed E-state index contributed by atoms with van der Waals surface area (Å²) in [5.41, 5.74) is 1.69. The number of hydrogen-bond acceptors (Lipinski definition) is 5. The Morgan fingerprint density at radius 2 is 1.89 bits per heavy atom. The molecule has 1 heterocycles. The summed E-state index contributed by atoms with van der Waals surface area (Å²) in [4.78, 5) is 14.1. The molecular formula is C22H27NO5. The molecule has 0 amide bonds. The van der Waals surface area contributed by atoms with Crippen molar-refractivity contribution in [1.29, 1.82) is 0 Å². The number of benzene rings is 2. The molecule has 1 aliphatic heterocycles. The quantitative estimate of drug-likeness (QED) is 0.716. The van der Waals surface area contributed by atoms with E-state index in [2.05, 4.69) is 4.90 Å². The molecule has 1 saturated heterocycles. The molecular weight excluding hydrogens is 358 g/mol. The Morgan fingerprint density at radius 1 is 1.14 bits per heavy atom. The van der Waals surface area contributed by atoms with E-state index in [1.807, 2.05) is 48.5 Å². The zero-order chi connectivity index (χ0) is 19.8. The third-order valence-corrected chi connectivity index (χ3v) is 4.94. The highest BCUT2D eigenvalue weighted by molar-refractivity contribution is 5.76. The van der Waals surface area contributed by atoms with E-state index in [1.54, 1.807) is 7.11 Å². The van der Waals surface area contributed by atoms with Crippen molar-refractivity contribution in [1.82, 2.24) is 4.90 Å². The van der Waals surface area contributed by atoms with Crippen LogP contribution in [0.3, 0.4) is 0 Å². The van der Waals surface area contributed by atoms with Crippen LogP contribution in [0.15, 0.2) is 48.5 Å². The summed E-state index contributed by atoms with van der Waals surface area (Å²) >= 11 is 0. The molecule has 2 aromatic rings. The molecule has 2 aromatic carbocycles. The summed E-state index contributed by atoms with van der Waals surface area (Å²) in [6.07, 6.45) is 0.393. The van der Waals surface area contributed by atoms with Crippen molar-refractivity contribution in [2.45, 2.75) is 12.3 Å². The highest BCUT2D eigenvalue weighted by Gasteiger charge is 2.21. The molecule has 0 aromatic heterocycles. The van der Waals surface area contributed by atoms with Gasteiger partial charge in [-0.25, -0.2) is 0 Å². The zero-order valence-corrected chi connectivity index (χ0v) is 16.2. The van der Waals surface area contributed by atoms with Gasteiger partial charge in [0.15, 0.2) is 11.5 Å². The van der Waals surface area contributed by atoms with Crippen molar-refractivity contribution >= 4 is 5.97 Å². The van der Waals surface area contributed by atoms with Crippen LogP contribution >= 0.6 is 0 Å². The summed E-state index contributed by atoms with van der Waals surface area (Å²) in [6, 6.07) is 14.9. The fourth-order valence-corrected chi connectivity index (χ4v) is 3.34. The van der Waals surface area contributed by atoms with Crippen LogP contribution in [0.4, 0.5) is 0 Å². The predicted molar refractivity (Wildman–Crippen MR) is 106 cm³/mol. The van der Waals surface area contributed by atoms with Gasteiger partial charge in [0.25, 0.3) is 0 Å². The van der Waals surface area contributed by atoms with E-state index in [-0.39, 0.29) is 0 Å². The number of carboxylic acid groups (broad SMARTS) is 1. The third kappa shape index (κ3) is 5.47. The van der Waals surface area contributed by atoms with Crippen LogP contribution in [-0.4, -0.2) is 62.5 Å². The first kappa shape index (κ1) is 20.2. The number of carbonyl (C=O) groups is 1. The Morgan fingerprint density at radius 3 is 2.57 bits per heavy atom. The summed E-state index contributed by atoms with van der Waals surface area (Å²) in [6.45, 7) is 4.79. The summed E-state index contributed by atoms with van der Waals surface area (Å²) in [5, 5.41) is 9.64. The lowest BCUT2D eigenvalue weighted by Crippen LogP contribution is -2.38. The van der Waals surface area contributed by atoms with Gasteiger partial charge in [-0.15, -0.1) is 0 Å². The van der Waals surface area contributed by atoms with Gasteiger partial charge in [0.1, 0.15) is 6.61 Å². The lowest BCUT2D eigenvalue weighted by molar-refractivity contribution is -0.138. The maximum Gasteiger partial charge on any atom is 0.311 e. The summed E-state index contributed by atoms with van der Waals surface area (Å²) in [7, 11) is 1.60. The van der Waals surface area contributed by atoms with Crippen LogP contribution < -0.4 is 9.47 Å². The zero-order valence-electron chi connectivity index (χ0n) is 16.2. The number of methoxy groups -OCH3 is 1. The maximum absolute atomic E-state index is 11.7. The number of carboxylic acids is 1. The van der Waals surface area contributed by atoms with Gasteiger partial charge in [0.2, 0.25) is 0 Å². The minimum Gasteiger partial charge on any atom is -0.493 e. The van der Waals surface area contributed by atoms with E-state index in [4.69, 9.17) is 14.2 Å². The van der Waals surface area contributed by atoms with Crippen LogP contribution in [0, 0.1) is 0 Å². The standard InChI is InChI=1S/C22H27NO5/c1-26-21-16-17(15-19(22(24)25)18-5-3-2-4-6-18)7-8-20(21)28-14-11-23-9-12-27-13-10-23/h2-8,16,19H,9-15H2,1H3,(H,24,25). The molecule has 1 aliphatic rings. The van der Waals surface area contributed by atoms with Crippen molar-refractivity contribution < 1.29 is 24.1 Å². The monoisotopic (exact) mass is 385 g/mol. The van der Waals surface area contributed by atoms with Crippen molar-refractivity contribution in [3.05, 3.63) is 59.7 Å². The Balaban J connectivity index is 1.63. The smallest absolute Gasteiger partial charge is 0.311 e. The third-order valence-electron chi connectivity index (χ3n) is 4.94. The van der Waals surface area contributed by atoms with Crippen molar-refractivity contribution in [2.75, 3.05) is 46.6 Å². The molecule has 1 N–H and O–H groups in total. The largest absolute Gasteiger partial charge is 0.493 e. The van der Waals surface area contributed by atoms with E-state index in [0.717, 1.165) is 44.0 Å². The lowest BCUT2D eigenvalue weighted by Gasteiger charge is -2.26. The van der Waals surface area contributed by atoms with E-state index in [1.165, 1.54) is 0 Å². The molecule has 1 fully saturated rings. The number of ether oxygens (including phenoxy) is 3. The molecule has 0 spiro atoms. The van der Waals surface area contributed by atoms with Crippen LogP contribution in [0.25, 0.3) is 0 Å². The van der Waals surface area contributed by atoms with Gasteiger partial charge in [0, 0.05) is 19.6 Å². The van der Waals surface area contributed by atoms with Gasteiger partial charge in [0.05, 0.1) is 26.2 Å². The first-order valence-electron chi connectivity index (χ1n) is 9.55. The molecule has 3 rings (SSSR count). The van der Waals surface area contributed by atoms with Crippen molar-refractivity contribution in [3.63, 3.8) is 0 Å². The van der Waals surface area contributed by atoms with E-state index < -0.39 is 11.9 Å². The molecule has 0 saturated carbocycles. The predicted octanol–water partition coefficient (Wildman–Crippen LogP) is 2.82. The minimum absolute atomic E-state index is 0.393. The molecule has 0 bridgehead atoms. The normalized spacial score (nSPS) is 15.8. The van der Waals surface area contributed by atoms with Gasteiger partial charge in [-0.05, 0) is 29.7 Å². The molecule has 1 unspecified atom stereocenters. The number of aliphatic carboxylic acids is 1. The van der Waals surface area contributed by atoms with E-state index in [9.17, 15) is 9.90 Å². The molecule has 0 radical (unpaired) electrons. The van der Waals surface area contributed by atoms with Crippen LogP contribution in [0.2, 0.25) is 0 Å². The first-order valence-corrected chi connectivity index (χ1v) is 9.55. The second-order valence-electron chi connectivity index (χ2n) is 6.79. The highest BCUT2D eigenvalue weighted by atomic mass is 16.5. The fraction of sp³-hybridized carbons (Fsp3) is 0.409. The number of nitrogens with zero attached hydrogens (tertiary/aromatic N) is 1. The lowest BCUT2D eigenvalue weighted by atomic mass is 9.92. The van der Waals surface area contributed by atoms with Gasteiger partial charge < -0.3 is 19.3 Å². The number of rotatable bonds is 9. The van der Waals surface area contributed by atoms with Gasteiger partial charge in [-0.2, -0.15) is 0 Å². The van der Waals surface area contributed by atoms with Crippen LogP contribution in [0.1, 0.15) is 17.0 Å².